The first kappa shape index (κ1) is 21.5. The van der Waals surface area contributed by atoms with Gasteiger partial charge in [0.1, 0.15) is 0 Å². The monoisotopic (exact) mass is 420 g/mol. The number of hydrogen-bond acceptors (Lipinski definition) is 5. The minimum atomic E-state index is -0.159. The lowest BCUT2D eigenvalue weighted by Gasteiger charge is -2.19. The second-order valence-corrected chi connectivity index (χ2v) is 8.28. The van der Waals surface area contributed by atoms with E-state index in [9.17, 15) is 4.79 Å². The van der Waals surface area contributed by atoms with E-state index in [0.717, 1.165) is 41.8 Å². The summed E-state index contributed by atoms with van der Waals surface area (Å²) in [7, 11) is 1.82. The van der Waals surface area contributed by atoms with E-state index >= 15 is 0 Å². The van der Waals surface area contributed by atoms with Crippen LogP contribution in [-0.4, -0.2) is 42.5 Å². The largest absolute Gasteiger partial charge is 0.385 e. The first-order chi connectivity index (χ1) is 15.3. The van der Waals surface area contributed by atoms with Crippen molar-refractivity contribution >= 4 is 16.5 Å². The van der Waals surface area contributed by atoms with E-state index in [1.807, 2.05) is 43.5 Å². The Bertz CT molecular complexity index is 1050. The van der Waals surface area contributed by atoms with Crippen molar-refractivity contribution in [2.45, 2.75) is 50.7 Å². The van der Waals surface area contributed by atoms with Gasteiger partial charge in [0.25, 0.3) is 5.56 Å². The fourth-order valence-corrected chi connectivity index (χ4v) is 4.50. The average molecular weight is 421 g/mol. The van der Waals surface area contributed by atoms with Gasteiger partial charge in [-0.15, -0.1) is 0 Å². The van der Waals surface area contributed by atoms with Crippen LogP contribution in [0.25, 0.3) is 22.0 Å². The second-order valence-electron chi connectivity index (χ2n) is 8.28. The molecule has 1 aromatic heterocycles. The van der Waals surface area contributed by atoms with E-state index < -0.39 is 0 Å². The maximum atomic E-state index is 12.0. The number of unbranched alkanes of at least 4 members (excludes halogenated alkanes) is 2. The van der Waals surface area contributed by atoms with Crippen molar-refractivity contribution in [1.82, 2.24) is 15.5 Å². The summed E-state index contributed by atoms with van der Waals surface area (Å²) >= 11 is 0. The van der Waals surface area contributed by atoms with Crippen molar-refractivity contribution in [3.63, 3.8) is 0 Å². The fourth-order valence-electron chi connectivity index (χ4n) is 4.50. The highest BCUT2D eigenvalue weighted by molar-refractivity contribution is 5.94. The molecule has 164 valence electrons. The number of benzene rings is 2. The van der Waals surface area contributed by atoms with Crippen LogP contribution in [0.5, 0.6) is 0 Å². The van der Waals surface area contributed by atoms with Crippen LogP contribution >= 0.6 is 0 Å². The molecule has 2 aromatic carbocycles. The highest BCUT2D eigenvalue weighted by Gasteiger charge is 2.25. The first-order valence-electron chi connectivity index (χ1n) is 11.3. The lowest BCUT2D eigenvalue weighted by molar-refractivity contribution is 0.0852. The maximum Gasteiger partial charge on any atom is 0.272 e. The van der Waals surface area contributed by atoms with E-state index in [2.05, 4.69) is 33.0 Å². The number of hydrogen-bond donors (Lipinski definition) is 3. The number of methoxy groups -OCH3 is 1. The van der Waals surface area contributed by atoms with Crippen molar-refractivity contribution in [1.29, 1.82) is 0 Å². The molecule has 1 fully saturated rings. The van der Waals surface area contributed by atoms with Gasteiger partial charge < -0.3 is 15.4 Å². The van der Waals surface area contributed by atoms with E-state index in [1.54, 1.807) is 0 Å². The summed E-state index contributed by atoms with van der Waals surface area (Å²) in [6.45, 7) is 2.00. The summed E-state index contributed by atoms with van der Waals surface area (Å²) in [6, 6.07) is 16.3. The lowest BCUT2D eigenvalue weighted by atomic mass is 10.0. The molecule has 0 saturated heterocycles. The smallest absolute Gasteiger partial charge is 0.272 e. The molecule has 1 aliphatic rings. The molecule has 0 amide bonds. The van der Waals surface area contributed by atoms with Gasteiger partial charge in [0, 0.05) is 36.3 Å². The number of aromatic amines is 1. The molecule has 3 aromatic rings. The van der Waals surface area contributed by atoms with Crippen LogP contribution in [0.15, 0.2) is 53.3 Å². The van der Waals surface area contributed by atoms with E-state index in [4.69, 9.17) is 4.74 Å². The Morgan fingerprint density at radius 2 is 1.87 bits per heavy atom. The van der Waals surface area contributed by atoms with Crippen molar-refractivity contribution in [3.05, 3.63) is 58.9 Å². The number of aromatic nitrogens is 2. The SMILES string of the molecule is CO[C@H]1CCC[C@@H]1NCCCCCNc1cccc(-c2n[nH]c(=O)c3ccccc23)c1. The van der Waals surface area contributed by atoms with Crippen LogP contribution in [-0.2, 0) is 4.74 Å². The lowest BCUT2D eigenvalue weighted by Crippen LogP contribution is -2.37. The highest BCUT2D eigenvalue weighted by atomic mass is 16.5. The molecule has 1 heterocycles. The van der Waals surface area contributed by atoms with E-state index in [0.29, 0.717) is 17.5 Å². The zero-order valence-electron chi connectivity index (χ0n) is 18.2. The van der Waals surface area contributed by atoms with Gasteiger partial charge in [-0.2, -0.15) is 5.10 Å². The number of nitrogens with zero attached hydrogens (tertiary/aromatic N) is 1. The minimum Gasteiger partial charge on any atom is -0.385 e. The van der Waals surface area contributed by atoms with Crippen LogP contribution in [0.3, 0.4) is 0 Å². The Labute approximate surface area is 183 Å². The van der Waals surface area contributed by atoms with Crippen LogP contribution in [0.2, 0.25) is 0 Å². The molecule has 3 N–H and O–H groups in total. The molecule has 31 heavy (non-hydrogen) atoms. The van der Waals surface area contributed by atoms with Crippen molar-refractivity contribution < 1.29 is 4.74 Å². The zero-order valence-corrected chi connectivity index (χ0v) is 18.2. The maximum absolute atomic E-state index is 12.0. The number of ether oxygens (including phenoxy) is 1. The van der Waals surface area contributed by atoms with Gasteiger partial charge in [0.05, 0.1) is 17.2 Å². The summed E-state index contributed by atoms with van der Waals surface area (Å²) in [5.74, 6) is 0. The molecular weight excluding hydrogens is 388 g/mol. The highest BCUT2D eigenvalue weighted by Crippen LogP contribution is 2.26. The number of fused-ring (bicyclic) bond motifs is 1. The number of H-pyrrole nitrogens is 1. The summed E-state index contributed by atoms with van der Waals surface area (Å²) in [5, 5.41) is 15.6. The molecule has 0 aliphatic heterocycles. The summed E-state index contributed by atoms with van der Waals surface area (Å²) < 4.78 is 5.55. The number of rotatable bonds is 10. The van der Waals surface area contributed by atoms with Gasteiger partial charge in [0.15, 0.2) is 0 Å². The van der Waals surface area contributed by atoms with E-state index in [-0.39, 0.29) is 5.56 Å². The van der Waals surface area contributed by atoms with Gasteiger partial charge in [-0.3, -0.25) is 4.79 Å². The van der Waals surface area contributed by atoms with Crippen LogP contribution < -0.4 is 16.2 Å². The molecular formula is C25H32N4O2. The zero-order chi connectivity index (χ0) is 21.5. The molecule has 0 radical (unpaired) electrons. The van der Waals surface area contributed by atoms with Gasteiger partial charge in [-0.05, 0) is 56.8 Å². The molecule has 1 aliphatic carbocycles. The molecule has 0 unspecified atom stereocenters. The average Bonchev–Trinajstić information content (AvgIpc) is 3.26. The number of anilines is 1. The van der Waals surface area contributed by atoms with Gasteiger partial charge in [-0.25, -0.2) is 5.10 Å². The second kappa shape index (κ2) is 10.6. The Morgan fingerprint density at radius 1 is 1.03 bits per heavy atom. The molecule has 6 heteroatoms. The third-order valence-electron chi connectivity index (χ3n) is 6.18. The topological polar surface area (TPSA) is 79.0 Å². The standard InChI is InChI=1S/C25H32N4O2/c1-31-23-14-8-13-22(23)27-16-6-2-5-15-26-19-10-7-9-18(17-19)24-20-11-3-4-12-21(20)25(30)29-28-24/h3-4,7,9-12,17,22-23,26-27H,2,5-6,8,13-16H2,1H3,(H,29,30)/t22-,23-/m0/s1. The molecule has 0 spiro atoms. The number of nitrogens with one attached hydrogen (secondary N) is 3. The van der Waals surface area contributed by atoms with Crippen molar-refractivity contribution in [3.8, 4) is 11.3 Å². The molecule has 2 atom stereocenters. The minimum absolute atomic E-state index is 0.159. The van der Waals surface area contributed by atoms with Gasteiger partial charge >= 0.3 is 0 Å². The third kappa shape index (κ3) is 5.32. The molecule has 6 nitrogen and oxygen atoms in total. The normalized spacial score (nSPS) is 18.5. The predicted molar refractivity (Wildman–Crippen MR) is 127 cm³/mol. The van der Waals surface area contributed by atoms with Crippen molar-refractivity contribution in [2.75, 3.05) is 25.5 Å². The summed E-state index contributed by atoms with van der Waals surface area (Å²) in [6.07, 6.45) is 7.58. The van der Waals surface area contributed by atoms with Crippen LogP contribution in [0, 0.1) is 0 Å². The molecule has 4 rings (SSSR count). The Balaban J connectivity index is 1.26. The first-order valence-corrected chi connectivity index (χ1v) is 11.3. The van der Waals surface area contributed by atoms with Gasteiger partial charge in [-0.1, -0.05) is 36.8 Å². The third-order valence-corrected chi connectivity index (χ3v) is 6.18. The van der Waals surface area contributed by atoms with E-state index in [1.165, 1.54) is 32.1 Å². The predicted octanol–water partition coefficient (Wildman–Crippen LogP) is 4.33. The summed E-state index contributed by atoms with van der Waals surface area (Å²) in [4.78, 5) is 12.0. The van der Waals surface area contributed by atoms with Crippen molar-refractivity contribution in [2.24, 2.45) is 0 Å². The Kier molecular flexibility index (Phi) is 7.33. The fraction of sp³-hybridized carbons (Fsp3) is 0.440. The van der Waals surface area contributed by atoms with Crippen LogP contribution in [0.1, 0.15) is 38.5 Å². The summed E-state index contributed by atoms with van der Waals surface area (Å²) in [5.41, 5.74) is 2.70. The molecule has 0 bridgehead atoms. The Morgan fingerprint density at radius 3 is 2.74 bits per heavy atom. The Hall–Kier alpha value is -2.70. The van der Waals surface area contributed by atoms with Gasteiger partial charge in [0.2, 0.25) is 0 Å². The quantitative estimate of drug-likeness (QED) is 0.426. The molecule has 1 saturated carbocycles. The van der Waals surface area contributed by atoms with Crippen LogP contribution in [0.4, 0.5) is 5.69 Å².